The molecular weight excluding hydrogens is 148 g/mol. The van der Waals surface area contributed by atoms with E-state index in [2.05, 4.69) is 13.8 Å². The molecule has 12 heavy (non-hydrogen) atoms. The third kappa shape index (κ3) is 2.48. The van der Waals surface area contributed by atoms with Gasteiger partial charge in [0.15, 0.2) is 0 Å². The van der Waals surface area contributed by atoms with Gasteiger partial charge in [0.05, 0.1) is 5.60 Å². The Morgan fingerprint density at radius 3 is 2.25 bits per heavy atom. The van der Waals surface area contributed by atoms with Crippen molar-refractivity contribution in [1.29, 1.82) is 0 Å². The predicted octanol–water partition coefficient (Wildman–Crippen LogP) is 2.97. The molecule has 1 rings (SSSR count). The number of hydrogen-bond donors (Lipinski definition) is 1. The summed E-state index contributed by atoms with van der Waals surface area (Å²) in [5.74, 6) is 1.18. The Hall–Kier alpha value is -0.0400. The summed E-state index contributed by atoms with van der Waals surface area (Å²) in [5.41, 5.74) is -0.436. The summed E-state index contributed by atoms with van der Waals surface area (Å²) in [6.45, 7) is 6.19. The molecule has 1 aliphatic rings. The van der Waals surface area contributed by atoms with Gasteiger partial charge in [-0.2, -0.15) is 0 Å². The molecule has 1 atom stereocenters. The highest BCUT2D eigenvalue weighted by Gasteiger charge is 2.29. The van der Waals surface area contributed by atoms with E-state index >= 15 is 0 Å². The van der Waals surface area contributed by atoms with Crippen LogP contribution in [-0.2, 0) is 0 Å². The van der Waals surface area contributed by atoms with E-state index in [1.807, 2.05) is 6.92 Å². The Balaban J connectivity index is 2.37. The van der Waals surface area contributed by atoms with Crippen LogP contribution >= 0.6 is 0 Å². The second-order valence-electron chi connectivity index (χ2n) is 4.87. The van der Waals surface area contributed by atoms with E-state index in [1.165, 1.54) is 25.7 Å². The zero-order valence-corrected chi connectivity index (χ0v) is 8.64. The summed E-state index contributed by atoms with van der Waals surface area (Å²) >= 11 is 0. The number of hydrogen-bond acceptors (Lipinski definition) is 1. The maximum atomic E-state index is 10.1. The van der Waals surface area contributed by atoms with Crippen molar-refractivity contribution in [2.45, 2.75) is 58.5 Å². The number of rotatable bonds is 3. The molecule has 0 spiro atoms. The molecule has 72 valence electrons. The monoisotopic (exact) mass is 170 g/mol. The SMILES string of the molecule is CC(C)C(C)(O)CC1CCCC1. The zero-order chi connectivity index (χ0) is 9.19. The molecule has 1 N–H and O–H groups in total. The van der Waals surface area contributed by atoms with Crippen LogP contribution in [0.1, 0.15) is 52.9 Å². The van der Waals surface area contributed by atoms with Crippen molar-refractivity contribution in [3.63, 3.8) is 0 Å². The van der Waals surface area contributed by atoms with Crippen molar-refractivity contribution in [2.75, 3.05) is 0 Å². The average molecular weight is 170 g/mol. The molecule has 0 radical (unpaired) electrons. The van der Waals surface area contributed by atoms with Crippen molar-refractivity contribution >= 4 is 0 Å². The standard InChI is InChI=1S/C11H22O/c1-9(2)11(3,12)8-10-6-4-5-7-10/h9-10,12H,4-8H2,1-3H3. The predicted molar refractivity (Wildman–Crippen MR) is 52.0 cm³/mol. The molecule has 1 unspecified atom stereocenters. The molecule has 0 aromatic rings. The summed E-state index contributed by atoms with van der Waals surface area (Å²) < 4.78 is 0. The molecule has 0 saturated heterocycles. The summed E-state index contributed by atoms with van der Waals surface area (Å²) in [5, 5.41) is 10.1. The smallest absolute Gasteiger partial charge is 0.0645 e. The first-order valence-electron chi connectivity index (χ1n) is 5.25. The minimum absolute atomic E-state index is 0.387. The summed E-state index contributed by atoms with van der Waals surface area (Å²) in [6.07, 6.45) is 6.42. The first kappa shape index (κ1) is 10.0. The van der Waals surface area contributed by atoms with Gasteiger partial charge in [-0.05, 0) is 25.2 Å². The van der Waals surface area contributed by atoms with Gasteiger partial charge in [-0.1, -0.05) is 39.5 Å². The van der Waals surface area contributed by atoms with E-state index in [-0.39, 0.29) is 0 Å². The normalized spacial score (nSPS) is 24.8. The largest absolute Gasteiger partial charge is 0.390 e. The minimum atomic E-state index is -0.436. The highest BCUT2D eigenvalue weighted by molar-refractivity contribution is 4.81. The summed E-state index contributed by atoms with van der Waals surface area (Å²) in [6, 6.07) is 0. The Bertz CT molecular complexity index is 132. The zero-order valence-electron chi connectivity index (χ0n) is 8.64. The molecule has 1 saturated carbocycles. The van der Waals surface area contributed by atoms with E-state index in [0.29, 0.717) is 5.92 Å². The van der Waals surface area contributed by atoms with Crippen LogP contribution in [0.15, 0.2) is 0 Å². The van der Waals surface area contributed by atoms with Gasteiger partial charge < -0.3 is 5.11 Å². The molecular formula is C11H22O. The molecule has 1 nitrogen and oxygen atoms in total. The van der Waals surface area contributed by atoms with Crippen molar-refractivity contribution in [1.82, 2.24) is 0 Å². The van der Waals surface area contributed by atoms with Gasteiger partial charge >= 0.3 is 0 Å². The average Bonchev–Trinajstić information content (AvgIpc) is 2.38. The molecule has 1 fully saturated rings. The van der Waals surface area contributed by atoms with Crippen LogP contribution in [0.25, 0.3) is 0 Å². The van der Waals surface area contributed by atoms with Crippen molar-refractivity contribution in [2.24, 2.45) is 11.8 Å². The Kier molecular flexibility index (Phi) is 3.16. The van der Waals surface area contributed by atoms with Crippen LogP contribution in [0, 0.1) is 11.8 Å². The van der Waals surface area contributed by atoms with Crippen LogP contribution in [0.2, 0.25) is 0 Å². The van der Waals surface area contributed by atoms with E-state index in [1.54, 1.807) is 0 Å². The van der Waals surface area contributed by atoms with Gasteiger partial charge in [-0.3, -0.25) is 0 Å². The molecule has 0 bridgehead atoms. The van der Waals surface area contributed by atoms with Crippen LogP contribution < -0.4 is 0 Å². The first-order valence-corrected chi connectivity index (χ1v) is 5.25. The van der Waals surface area contributed by atoms with Gasteiger partial charge in [-0.15, -0.1) is 0 Å². The molecule has 1 heteroatoms. The van der Waals surface area contributed by atoms with Crippen LogP contribution in [-0.4, -0.2) is 10.7 Å². The summed E-state index contributed by atoms with van der Waals surface area (Å²) in [4.78, 5) is 0. The van der Waals surface area contributed by atoms with E-state index in [0.717, 1.165) is 12.3 Å². The fourth-order valence-electron chi connectivity index (χ4n) is 2.03. The van der Waals surface area contributed by atoms with Gasteiger partial charge in [0.1, 0.15) is 0 Å². The Morgan fingerprint density at radius 2 is 1.83 bits per heavy atom. The quantitative estimate of drug-likeness (QED) is 0.690. The Morgan fingerprint density at radius 1 is 1.33 bits per heavy atom. The first-order chi connectivity index (χ1) is 5.52. The van der Waals surface area contributed by atoms with Crippen LogP contribution in [0.4, 0.5) is 0 Å². The lowest BCUT2D eigenvalue weighted by Crippen LogP contribution is -2.33. The highest BCUT2D eigenvalue weighted by Crippen LogP contribution is 2.34. The third-order valence-electron chi connectivity index (χ3n) is 3.42. The minimum Gasteiger partial charge on any atom is -0.390 e. The summed E-state index contributed by atoms with van der Waals surface area (Å²) in [7, 11) is 0. The second kappa shape index (κ2) is 3.78. The maximum absolute atomic E-state index is 10.1. The van der Waals surface area contributed by atoms with Crippen molar-refractivity contribution in [3.05, 3.63) is 0 Å². The molecule has 0 aromatic heterocycles. The molecule has 0 aliphatic heterocycles. The lowest BCUT2D eigenvalue weighted by Gasteiger charge is -2.30. The van der Waals surface area contributed by atoms with E-state index in [9.17, 15) is 5.11 Å². The lowest BCUT2D eigenvalue weighted by molar-refractivity contribution is -0.00855. The van der Waals surface area contributed by atoms with E-state index in [4.69, 9.17) is 0 Å². The lowest BCUT2D eigenvalue weighted by atomic mass is 9.83. The van der Waals surface area contributed by atoms with Crippen molar-refractivity contribution < 1.29 is 5.11 Å². The van der Waals surface area contributed by atoms with Gasteiger partial charge in [0.2, 0.25) is 0 Å². The van der Waals surface area contributed by atoms with Crippen molar-refractivity contribution in [3.8, 4) is 0 Å². The molecule has 1 aliphatic carbocycles. The van der Waals surface area contributed by atoms with Gasteiger partial charge in [0, 0.05) is 0 Å². The van der Waals surface area contributed by atoms with Gasteiger partial charge in [0.25, 0.3) is 0 Å². The topological polar surface area (TPSA) is 20.2 Å². The van der Waals surface area contributed by atoms with E-state index < -0.39 is 5.60 Å². The Labute approximate surface area is 76.2 Å². The molecule has 0 amide bonds. The highest BCUT2D eigenvalue weighted by atomic mass is 16.3. The maximum Gasteiger partial charge on any atom is 0.0645 e. The fourth-order valence-corrected chi connectivity index (χ4v) is 2.03. The fraction of sp³-hybridized carbons (Fsp3) is 1.00. The number of aliphatic hydroxyl groups is 1. The van der Waals surface area contributed by atoms with Crippen LogP contribution in [0.5, 0.6) is 0 Å². The van der Waals surface area contributed by atoms with Gasteiger partial charge in [-0.25, -0.2) is 0 Å². The molecule has 0 aromatic carbocycles. The van der Waals surface area contributed by atoms with Crippen LogP contribution in [0.3, 0.4) is 0 Å². The second-order valence-corrected chi connectivity index (χ2v) is 4.87. The molecule has 0 heterocycles. The third-order valence-corrected chi connectivity index (χ3v) is 3.42.